The fraction of sp³-hybridized carbons (Fsp3) is 0.600. The summed E-state index contributed by atoms with van der Waals surface area (Å²) < 4.78 is 10.1. The van der Waals surface area contributed by atoms with E-state index in [1.807, 2.05) is 0 Å². The zero-order chi connectivity index (χ0) is 14.1. The topological polar surface area (TPSA) is 50.7 Å². The molecule has 0 aliphatic heterocycles. The molecule has 4 nitrogen and oxygen atoms in total. The van der Waals surface area contributed by atoms with Crippen LogP contribution in [-0.2, 0) is 9.47 Å². The number of hydrogen-bond acceptors (Lipinski definition) is 4. The average molecular weight is 267 g/mol. The highest BCUT2D eigenvalue weighted by Gasteiger charge is 2.08. The lowest BCUT2D eigenvalue weighted by Gasteiger charge is -2.17. The van der Waals surface area contributed by atoms with Crippen molar-refractivity contribution in [1.29, 1.82) is 0 Å². The first kappa shape index (κ1) is 16.1. The number of rotatable bonds is 9. The molecule has 1 rings (SSSR count). The molecule has 0 fully saturated rings. The summed E-state index contributed by atoms with van der Waals surface area (Å²) in [5.74, 6) is 0. The molecule has 1 aromatic carbocycles. The number of aliphatic hydroxyl groups excluding tert-OH is 1. The molecule has 0 saturated heterocycles. The molecular weight excluding hydrogens is 242 g/mol. The summed E-state index contributed by atoms with van der Waals surface area (Å²) in [5.41, 5.74) is 2.47. The van der Waals surface area contributed by atoms with Crippen LogP contribution in [0.1, 0.15) is 24.1 Å². The van der Waals surface area contributed by atoms with Gasteiger partial charge in [0, 0.05) is 19.7 Å². The van der Waals surface area contributed by atoms with E-state index in [1.165, 1.54) is 11.1 Å². The lowest BCUT2D eigenvalue weighted by atomic mass is 10.1. The molecule has 0 aliphatic rings. The summed E-state index contributed by atoms with van der Waals surface area (Å²) >= 11 is 0. The highest BCUT2D eigenvalue weighted by atomic mass is 16.5. The molecule has 0 saturated carbocycles. The highest BCUT2D eigenvalue weighted by molar-refractivity contribution is 5.23. The minimum absolute atomic E-state index is 0.217. The number of aliphatic hydroxyl groups is 1. The number of aryl methyl sites for hydroxylation is 1. The van der Waals surface area contributed by atoms with Crippen LogP contribution in [0.25, 0.3) is 0 Å². The van der Waals surface area contributed by atoms with E-state index in [-0.39, 0.29) is 6.04 Å². The number of nitrogens with one attached hydrogen (secondary N) is 1. The molecule has 2 N–H and O–H groups in total. The maximum atomic E-state index is 9.76. The van der Waals surface area contributed by atoms with Gasteiger partial charge in [-0.2, -0.15) is 0 Å². The van der Waals surface area contributed by atoms with Crippen molar-refractivity contribution in [1.82, 2.24) is 5.32 Å². The fourth-order valence-corrected chi connectivity index (χ4v) is 1.71. The van der Waals surface area contributed by atoms with Gasteiger partial charge in [-0.3, -0.25) is 0 Å². The molecule has 0 bridgehead atoms. The first-order chi connectivity index (χ1) is 9.13. The number of benzene rings is 1. The number of hydrogen-bond donors (Lipinski definition) is 2. The van der Waals surface area contributed by atoms with Crippen molar-refractivity contribution in [2.24, 2.45) is 0 Å². The number of methoxy groups -OCH3 is 1. The summed E-state index contributed by atoms with van der Waals surface area (Å²) in [4.78, 5) is 0. The predicted molar refractivity (Wildman–Crippen MR) is 76.3 cm³/mol. The van der Waals surface area contributed by atoms with Crippen LogP contribution in [0.3, 0.4) is 0 Å². The van der Waals surface area contributed by atoms with Crippen LogP contribution >= 0.6 is 0 Å². The Morgan fingerprint density at radius 1 is 1.21 bits per heavy atom. The first-order valence-corrected chi connectivity index (χ1v) is 6.68. The van der Waals surface area contributed by atoms with E-state index in [1.54, 1.807) is 7.11 Å². The van der Waals surface area contributed by atoms with E-state index in [0.29, 0.717) is 26.4 Å². The van der Waals surface area contributed by atoms with Gasteiger partial charge in [0.1, 0.15) is 0 Å². The van der Waals surface area contributed by atoms with Gasteiger partial charge in [0.25, 0.3) is 0 Å². The Hall–Kier alpha value is -0.940. The Labute approximate surface area is 115 Å². The van der Waals surface area contributed by atoms with Crippen molar-refractivity contribution in [3.63, 3.8) is 0 Å². The lowest BCUT2D eigenvalue weighted by molar-refractivity contribution is 0.0130. The van der Waals surface area contributed by atoms with Crippen LogP contribution < -0.4 is 5.32 Å². The van der Waals surface area contributed by atoms with E-state index in [0.717, 1.165) is 0 Å². The van der Waals surface area contributed by atoms with Crippen LogP contribution in [0.2, 0.25) is 0 Å². The standard InChI is InChI=1S/C15H25NO3/c1-12-4-6-14(7-5-12)13(2)16-10-15(17)11-19-9-8-18-3/h4-7,13,15-17H,8-11H2,1-3H3/t13-,15?/m0/s1. The van der Waals surface area contributed by atoms with Gasteiger partial charge in [0.2, 0.25) is 0 Å². The minimum Gasteiger partial charge on any atom is -0.389 e. The van der Waals surface area contributed by atoms with Gasteiger partial charge in [-0.15, -0.1) is 0 Å². The summed E-state index contributed by atoms with van der Waals surface area (Å²) in [6.07, 6.45) is -0.496. The maximum Gasteiger partial charge on any atom is 0.0897 e. The third-order valence-electron chi connectivity index (χ3n) is 2.98. The second-order valence-corrected chi connectivity index (χ2v) is 4.76. The van der Waals surface area contributed by atoms with E-state index in [2.05, 4.69) is 43.4 Å². The van der Waals surface area contributed by atoms with E-state index >= 15 is 0 Å². The summed E-state index contributed by atoms with van der Waals surface area (Å²) in [6.45, 7) is 6.08. The van der Waals surface area contributed by atoms with Gasteiger partial charge in [-0.05, 0) is 19.4 Å². The normalized spacial score (nSPS) is 14.3. The van der Waals surface area contributed by atoms with Gasteiger partial charge in [0.05, 0.1) is 25.9 Å². The Morgan fingerprint density at radius 3 is 2.53 bits per heavy atom. The van der Waals surface area contributed by atoms with Crippen molar-refractivity contribution in [3.05, 3.63) is 35.4 Å². The zero-order valence-corrected chi connectivity index (χ0v) is 12.1. The fourth-order valence-electron chi connectivity index (χ4n) is 1.71. The average Bonchev–Trinajstić information content (AvgIpc) is 2.42. The summed E-state index contributed by atoms with van der Waals surface area (Å²) in [6, 6.07) is 8.62. The van der Waals surface area contributed by atoms with Crippen LogP contribution in [-0.4, -0.2) is 44.7 Å². The minimum atomic E-state index is -0.496. The monoisotopic (exact) mass is 267 g/mol. The SMILES string of the molecule is COCCOCC(O)CN[C@@H](C)c1ccc(C)cc1. The third-order valence-corrected chi connectivity index (χ3v) is 2.98. The maximum absolute atomic E-state index is 9.76. The molecule has 0 aromatic heterocycles. The van der Waals surface area contributed by atoms with E-state index < -0.39 is 6.10 Å². The third kappa shape index (κ3) is 6.68. The molecule has 108 valence electrons. The van der Waals surface area contributed by atoms with Gasteiger partial charge >= 0.3 is 0 Å². The van der Waals surface area contributed by atoms with Crippen LogP contribution in [0.4, 0.5) is 0 Å². The van der Waals surface area contributed by atoms with Crippen LogP contribution in [0.5, 0.6) is 0 Å². The first-order valence-electron chi connectivity index (χ1n) is 6.68. The Balaban J connectivity index is 2.22. The summed E-state index contributed by atoms with van der Waals surface area (Å²) in [7, 11) is 1.63. The molecule has 0 amide bonds. The zero-order valence-electron chi connectivity index (χ0n) is 12.1. The molecule has 0 aliphatic carbocycles. The Bertz CT molecular complexity index is 340. The second kappa shape index (κ2) is 9.04. The molecule has 0 radical (unpaired) electrons. The molecule has 1 unspecified atom stereocenters. The van der Waals surface area contributed by atoms with Gasteiger partial charge in [-0.1, -0.05) is 29.8 Å². The molecular formula is C15H25NO3. The van der Waals surface area contributed by atoms with E-state index in [4.69, 9.17) is 9.47 Å². The number of ether oxygens (including phenoxy) is 2. The van der Waals surface area contributed by atoms with Gasteiger partial charge in [0.15, 0.2) is 0 Å². The second-order valence-electron chi connectivity index (χ2n) is 4.76. The Kier molecular flexibility index (Phi) is 7.67. The van der Waals surface area contributed by atoms with Crippen molar-refractivity contribution in [3.8, 4) is 0 Å². The molecule has 0 heterocycles. The van der Waals surface area contributed by atoms with Gasteiger partial charge < -0.3 is 19.9 Å². The quantitative estimate of drug-likeness (QED) is 0.668. The van der Waals surface area contributed by atoms with Crippen molar-refractivity contribution < 1.29 is 14.6 Å². The molecule has 2 atom stereocenters. The smallest absolute Gasteiger partial charge is 0.0897 e. The van der Waals surface area contributed by atoms with Crippen molar-refractivity contribution in [2.75, 3.05) is 33.5 Å². The van der Waals surface area contributed by atoms with Crippen LogP contribution in [0.15, 0.2) is 24.3 Å². The highest BCUT2D eigenvalue weighted by Crippen LogP contribution is 2.12. The molecule has 1 aromatic rings. The van der Waals surface area contributed by atoms with Crippen molar-refractivity contribution >= 4 is 0 Å². The van der Waals surface area contributed by atoms with Crippen LogP contribution in [0, 0.1) is 6.92 Å². The van der Waals surface area contributed by atoms with E-state index in [9.17, 15) is 5.11 Å². The van der Waals surface area contributed by atoms with Gasteiger partial charge in [-0.25, -0.2) is 0 Å². The summed E-state index contributed by atoms with van der Waals surface area (Å²) in [5, 5.41) is 13.1. The molecule has 4 heteroatoms. The molecule has 19 heavy (non-hydrogen) atoms. The van der Waals surface area contributed by atoms with Crippen molar-refractivity contribution in [2.45, 2.75) is 26.0 Å². The Morgan fingerprint density at radius 2 is 1.89 bits per heavy atom. The molecule has 0 spiro atoms. The predicted octanol–water partition coefficient (Wildman–Crippen LogP) is 1.67. The lowest BCUT2D eigenvalue weighted by Crippen LogP contribution is -2.32. The largest absolute Gasteiger partial charge is 0.389 e.